The van der Waals surface area contributed by atoms with Crippen LogP contribution >= 0.6 is 0 Å². The molecule has 134 valence electrons. The Kier molecular flexibility index (Phi) is 3.56. The van der Waals surface area contributed by atoms with Crippen molar-refractivity contribution in [3.05, 3.63) is 52.9 Å². The van der Waals surface area contributed by atoms with Crippen LogP contribution < -0.4 is 0 Å². The topological polar surface area (TPSA) is 61.8 Å². The van der Waals surface area contributed by atoms with E-state index in [4.69, 9.17) is 5.10 Å². The van der Waals surface area contributed by atoms with Crippen molar-refractivity contribution >= 4 is 0 Å². The molecule has 0 spiro atoms. The van der Waals surface area contributed by atoms with E-state index in [0.29, 0.717) is 12.0 Å². The third kappa shape index (κ3) is 2.10. The molecule has 2 atom stereocenters. The second-order valence-electron chi connectivity index (χ2n) is 8.51. The van der Waals surface area contributed by atoms with Gasteiger partial charge in [0.25, 0.3) is 0 Å². The van der Waals surface area contributed by atoms with Crippen molar-refractivity contribution in [3.8, 4) is 17.3 Å². The van der Waals surface area contributed by atoms with Crippen LogP contribution in [0, 0.1) is 22.7 Å². The second-order valence-corrected chi connectivity index (χ2v) is 8.51. The van der Waals surface area contributed by atoms with Gasteiger partial charge in [0.15, 0.2) is 0 Å². The lowest BCUT2D eigenvalue weighted by molar-refractivity contribution is 0.0633. The van der Waals surface area contributed by atoms with Crippen molar-refractivity contribution in [2.24, 2.45) is 18.4 Å². The number of allylic oxidation sites excluding steroid dienone is 2. The summed E-state index contributed by atoms with van der Waals surface area (Å²) >= 11 is 0. The first-order valence-electron chi connectivity index (χ1n) is 9.25. The lowest BCUT2D eigenvalue weighted by Gasteiger charge is -2.51. The molecular formula is C22H25N3O. The van der Waals surface area contributed by atoms with Gasteiger partial charge in [-0.2, -0.15) is 10.4 Å². The maximum absolute atomic E-state index is 10.7. The van der Waals surface area contributed by atoms with Gasteiger partial charge in [-0.1, -0.05) is 51.1 Å². The summed E-state index contributed by atoms with van der Waals surface area (Å²) in [5, 5.41) is 25.2. The highest BCUT2D eigenvalue weighted by molar-refractivity contribution is 5.66. The molecule has 0 radical (unpaired) electrons. The van der Waals surface area contributed by atoms with Gasteiger partial charge in [-0.15, -0.1) is 0 Å². The summed E-state index contributed by atoms with van der Waals surface area (Å²) < 4.78 is 1.99. The highest BCUT2D eigenvalue weighted by atomic mass is 16.3. The van der Waals surface area contributed by atoms with Crippen molar-refractivity contribution in [2.45, 2.75) is 45.4 Å². The van der Waals surface area contributed by atoms with Crippen molar-refractivity contribution in [2.75, 3.05) is 0 Å². The van der Waals surface area contributed by atoms with E-state index in [9.17, 15) is 10.4 Å². The van der Waals surface area contributed by atoms with E-state index in [2.05, 4.69) is 51.1 Å². The number of fused-ring (bicyclic) bond motifs is 3. The molecule has 0 saturated heterocycles. The molecule has 4 nitrogen and oxygen atoms in total. The average Bonchev–Trinajstić information content (AvgIpc) is 2.96. The van der Waals surface area contributed by atoms with Crippen molar-refractivity contribution in [1.29, 1.82) is 5.26 Å². The second kappa shape index (κ2) is 5.48. The van der Waals surface area contributed by atoms with Gasteiger partial charge in [0.05, 0.1) is 23.0 Å². The standard InChI is InChI=1S/C22H25N3O/c1-21(2)17-11-10-16-18(14-8-6-5-7-9-14)25(4)24-19(16)22(17,3)12-15(13-23)20(21)26/h5-9,17,26H,10-12H2,1-4H3. The predicted molar refractivity (Wildman–Crippen MR) is 101 cm³/mol. The molecule has 0 aliphatic heterocycles. The summed E-state index contributed by atoms with van der Waals surface area (Å²) in [6.45, 7) is 6.35. The quantitative estimate of drug-likeness (QED) is 0.815. The van der Waals surface area contributed by atoms with Crippen LogP contribution in [0.2, 0.25) is 0 Å². The average molecular weight is 347 g/mol. The lowest BCUT2D eigenvalue weighted by atomic mass is 9.52. The molecule has 2 aliphatic rings. The van der Waals surface area contributed by atoms with Crippen molar-refractivity contribution < 1.29 is 5.11 Å². The summed E-state index contributed by atoms with van der Waals surface area (Å²) in [7, 11) is 2.01. The van der Waals surface area contributed by atoms with Crippen LogP contribution in [0.5, 0.6) is 0 Å². The monoisotopic (exact) mass is 347 g/mol. The number of aromatic nitrogens is 2. The Hall–Kier alpha value is -2.54. The molecule has 4 rings (SSSR count). The van der Waals surface area contributed by atoms with Crippen LogP contribution in [-0.4, -0.2) is 14.9 Å². The van der Waals surface area contributed by atoms with Gasteiger partial charge in [-0.25, -0.2) is 0 Å². The fourth-order valence-electron chi connectivity index (χ4n) is 5.45. The number of nitriles is 1. The van der Waals surface area contributed by atoms with E-state index < -0.39 is 5.41 Å². The lowest BCUT2D eigenvalue weighted by Crippen LogP contribution is -2.49. The molecule has 0 saturated carbocycles. The largest absolute Gasteiger partial charge is 0.511 e. The van der Waals surface area contributed by atoms with Gasteiger partial charge in [-0.3, -0.25) is 4.68 Å². The molecule has 1 N–H and O–H groups in total. The molecular weight excluding hydrogens is 322 g/mol. The van der Waals surface area contributed by atoms with Gasteiger partial charge < -0.3 is 5.11 Å². The Labute approximate surface area is 154 Å². The number of aliphatic hydroxyl groups is 1. The molecule has 4 heteroatoms. The van der Waals surface area contributed by atoms with Crippen molar-refractivity contribution in [1.82, 2.24) is 9.78 Å². The van der Waals surface area contributed by atoms with Gasteiger partial charge in [0.2, 0.25) is 0 Å². The van der Waals surface area contributed by atoms with E-state index in [0.717, 1.165) is 18.5 Å². The van der Waals surface area contributed by atoms with Gasteiger partial charge in [0.1, 0.15) is 5.76 Å². The maximum Gasteiger partial charge on any atom is 0.112 e. The molecule has 2 aromatic rings. The van der Waals surface area contributed by atoms with Gasteiger partial charge >= 0.3 is 0 Å². The number of aryl methyl sites for hydroxylation is 1. The molecule has 0 amide bonds. The minimum absolute atomic E-state index is 0.237. The van der Waals surface area contributed by atoms with Gasteiger partial charge in [0, 0.05) is 29.0 Å². The van der Waals surface area contributed by atoms with Crippen LogP contribution in [0.1, 0.15) is 44.9 Å². The number of aliphatic hydroxyl groups excluding tert-OH is 1. The first-order valence-corrected chi connectivity index (χ1v) is 9.25. The normalized spacial score (nSPS) is 26.8. The highest BCUT2D eigenvalue weighted by Crippen LogP contribution is 2.58. The van der Waals surface area contributed by atoms with Crippen molar-refractivity contribution in [3.63, 3.8) is 0 Å². The summed E-state index contributed by atoms with van der Waals surface area (Å²) in [4.78, 5) is 0. The Morgan fingerprint density at radius 3 is 2.58 bits per heavy atom. The smallest absolute Gasteiger partial charge is 0.112 e. The SMILES string of the molecule is Cn1nc2c(c1-c1ccccc1)CCC1C(C)(C)C(O)=C(C#N)CC21C. The Morgan fingerprint density at radius 2 is 1.92 bits per heavy atom. The summed E-state index contributed by atoms with van der Waals surface area (Å²) in [5.74, 6) is 0.531. The predicted octanol–water partition coefficient (Wildman–Crippen LogP) is 4.67. The molecule has 1 aromatic carbocycles. The fourth-order valence-corrected chi connectivity index (χ4v) is 5.45. The minimum atomic E-state index is -0.416. The zero-order valence-electron chi connectivity index (χ0n) is 15.9. The number of hydrogen-bond donors (Lipinski definition) is 1. The zero-order chi connectivity index (χ0) is 18.7. The van der Waals surface area contributed by atoms with Crippen LogP contribution in [-0.2, 0) is 18.9 Å². The first kappa shape index (κ1) is 16.9. The molecule has 2 aliphatic carbocycles. The van der Waals surface area contributed by atoms with E-state index in [1.54, 1.807) is 0 Å². The van der Waals surface area contributed by atoms with Crippen LogP contribution in [0.25, 0.3) is 11.3 Å². The highest BCUT2D eigenvalue weighted by Gasteiger charge is 2.55. The van der Waals surface area contributed by atoms with Crippen LogP contribution in [0.4, 0.5) is 0 Å². The number of hydrogen-bond acceptors (Lipinski definition) is 3. The Bertz CT molecular complexity index is 946. The molecule has 2 unspecified atom stereocenters. The molecule has 1 heterocycles. The number of benzene rings is 1. The fraction of sp³-hybridized carbons (Fsp3) is 0.455. The Morgan fingerprint density at radius 1 is 1.23 bits per heavy atom. The minimum Gasteiger partial charge on any atom is -0.511 e. The molecule has 26 heavy (non-hydrogen) atoms. The van der Waals surface area contributed by atoms with E-state index in [1.165, 1.54) is 16.8 Å². The zero-order valence-corrected chi connectivity index (χ0v) is 15.9. The van der Waals surface area contributed by atoms with Gasteiger partial charge in [-0.05, 0) is 25.2 Å². The number of rotatable bonds is 1. The maximum atomic E-state index is 10.7. The van der Waals surface area contributed by atoms with Crippen LogP contribution in [0.15, 0.2) is 41.7 Å². The van der Waals surface area contributed by atoms with E-state index in [1.807, 2.05) is 17.8 Å². The van der Waals surface area contributed by atoms with Crippen LogP contribution in [0.3, 0.4) is 0 Å². The van der Waals surface area contributed by atoms with E-state index >= 15 is 0 Å². The molecule has 0 bridgehead atoms. The van der Waals surface area contributed by atoms with E-state index in [-0.39, 0.29) is 17.1 Å². The molecule has 0 fully saturated rings. The molecule has 1 aromatic heterocycles. The summed E-state index contributed by atoms with van der Waals surface area (Å²) in [6.07, 6.45) is 2.50. The number of nitrogens with zero attached hydrogens (tertiary/aromatic N) is 3. The first-order chi connectivity index (χ1) is 12.3. The third-order valence-corrected chi connectivity index (χ3v) is 6.63. The summed E-state index contributed by atoms with van der Waals surface area (Å²) in [5.41, 5.74) is 4.61. The third-order valence-electron chi connectivity index (χ3n) is 6.63. The Balaban J connectivity index is 1.93. The summed E-state index contributed by atoms with van der Waals surface area (Å²) in [6, 6.07) is 12.6.